The molecule has 17 heavy (non-hydrogen) atoms. The van der Waals surface area contributed by atoms with Crippen LogP contribution in [0.4, 0.5) is 4.39 Å². The number of benzene rings is 1. The van der Waals surface area contributed by atoms with Crippen molar-refractivity contribution < 1.29 is 19.0 Å². The molecule has 0 saturated heterocycles. The molecule has 2 aromatic rings. The number of carboxylic acid groups (broad SMARTS) is 1. The summed E-state index contributed by atoms with van der Waals surface area (Å²) in [4.78, 5) is 14.9. The average Bonchev–Trinajstić information content (AvgIpc) is 2.27. The van der Waals surface area contributed by atoms with E-state index in [2.05, 4.69) is 4.98 Å². The molecule has 0 aliphatic carbocycles. The zero-order valence-corrected chi connectivity index (χ0v) is 9.32. The molecule has 1 aromatic heterocycles. The standard InChI is InChI=1S/C12H10FNO3/c1-6-3-7-5-8(12(15)16)11(17-2)14-10(7)9(13)4-6/h3-5H,1-2H3,(H,15,16). The van der Waals surface area contributed by atoms with Crippen molar-refractivity contribution in [1.29, 1.82) is 0 Å². The number of halogens is 1. The molecule has 0 aliphatic rings. The van der Waals surface area contributed by atoms with Gasteiger partial charge >= 0.3 is 5.97 Å². The lowest BCUT2D eigenvalue weighted by Crippen LogP contribution is -2.03. The second-order valence-corrected chi connectivity index (χ2v) is 3.67. The summed E-state index contributed by atoms with van der Waals surface area (Å²) in [6, 6.07) is 4.38. The third kappa shape index (κ3) is 1.91. The number of pyridine rings is 1. The topological polar surface area (TPSA) is 59.4 Å². The van der Waals surface area contributed by atoms with E-state index in [9.17, 15) is 9.18 Å². The first-order chi connectivity index (χ1) is 8.02. The van der Waals surface area contributed by atoms with Crippen molar-refractivity contribution in [3.63, 3.8) is 0 Å². The number of aryl methyl sites for hydroxylation is 1. The number of fused-ring (bicyclic) bond motifs is 1. The third-order valence-electron chi connectivity index (χ3n) is 2.40. The molecule has 0 fully saturated rings. The molecule has 0 aliphatic heterocycles. The van der Waals surface area contributed by atoms with Crippen molar-refractivity contribution in [3.05, 3.63) is 35.1 Å². The van der Waals surface area contributed by atoms with E-state index in [1.54, 1.807) is 13.0 Å². The van der Waals surface area contributed by atoms with Crippen LogP contribution < -0.4 is 4.74 Å². The largest absolute Gasteiger partial charge is 0.480 e. The summed E-state index contributed by atoms with van der Waals surface area (Å²) in [5, 5.41) is 9.43. The Morgan fingerprint density at radius 3 is 2.71 bits per heavy atom. The Labute approximate surface area is 96.7 Å². The van der Waals surface area contributed by atoms with Crippen molar-refractivity contribution in [2.24, 2.45) is 0 Å². The van der Waals surface area contributed by atoms with Crippen molar-refractivity contribution in [2.45, 2.75) is 6.92 Å². The van der Waals surface area contributed by atoms with Crippen LogP contribution in [-0.2, 0) is 0 Å². The monoisotopic (exact) mass is 235 g/mol. The molecular weight excluding hydrogens is 225 g/mol. The van der Waals surface area contributed by atoms with Gasteiger partial charge in [0, 0.05) is 5.39 Å². The Kier molecular flexibility index (Phi) is 2.67. The number of hydrogen-bond donors (Lipinski definition) is 1. The minimum absolute atomic E-state index is 0.0787. The maximum Gasteiger partial charge on any atom is 0.341 e. The van der Waals surface area contributed by atoms with Crippen LogP contribution >= 0.6 is 0 Å². The number of aromatic nitrogens is 1. The van der Waals surface area contributed by atoms with Crippen LogP contribution in [0.15, 0.2) is 18.2 Å². The summed E-state index contributed by atoms with van der Waals surface area (Å²) >= 11 is 0. The normalized spacial score (nSPS) is 10.5. The first-order valence-electron chi connectivity index (χ1n) is 4.91. The zero-order valence-electron chi connectivity index (χ0n) is 9.32. The van der Waals surface area contributed by atoms with Crippen LogP contribution in [0.1, 0.15) is 15.9 Å². The summed E-state index contributed by atoms with van der Waals surface area (Å²) in [7, 11) is 1.30. The summed E-state index contributed by atoms with van der Waals surface area (Å²) < 4.78 is 18.5. The molecule has 0 amide bonds. The molecule has 2 rings (SSSR count). The number of hydrogen-bond acceptors (Lipinski definition) is 3. The fraction of sp³-hybridized carbons (Fsp3) is 0.167. The molecule has 0 saturated carbocycles. The van der Waals surface area contributed by atoms with E-state index in [0.29, 0.717) is 10.9 Å². The van der Waals surface area contributed by atoms with Crippen molar-refractivity contribution in [3.8, 4) is 5.88 Å². The molecule has 4 nitrogen and oxygen atoms in total. The molecule has 0 bridgehead atoms. The predicted octanol–water partition coefficient (Wildman–Crippen LogP) is 2.39. The highest BCUT2D eigenvalue weighted by molar-refractivity contribution is 5.95. The molecule has 1 heterocycles. The van der Waals surface area contributed by atoms with Crippen LogP contribution in [0.5, 0.6) is 5.88 Å². The highest BCUT2D eigenvalue weighted by Crippen LogP contribution is 2.25. The lowest BCUT2D eigenvalue weighted by Gasteiger charge is -2.07. The molecule has 88 valence electrons. The lowest BCUT2D eigenvalue weighted by molar-refractivity contribution is 0.0692. The van der Waals surface area contributed by atoms with Crippen LogP contribution in [0, 0.1) is 12.7 Å². The van der Waals surface area contributed by atoms with E-state index in [1.165, 1.54) is 19.2 Å². The molecule has 1 aromatic carbocycles. The summed E-state index contributed by atoms with van der Waals surface area (Å²) in [6.07, 6.45) is 0. The Balaban J connectivity index is 2.83. The second-order valence-electron chi connectivity index (χ2n) is 3.67. The van der Waals surface area contributed by atoms with Gasteiger partial charge in [0.05, 0.1) is 7.11 Å². The maximum atomic E-state index is 13.6. The molecule has 5 heteroatoms. The van der Waals surface area contributed by atoms with E-state index < -0.39 is 11.8 Å². The average molecular weight is 235 g/mol. The first-order valence-corrected chi connectivity index (χ1v) is 4.91. The minimum Gasteiger partial charge on any atom is -0.480 e. The number of rotatable bonds is 2. The number of aromatic carboxylic acids is 1. The van der Waals surface area contributed by atoms with Crippen molar-refractivity contribution in [1.82, 2.24) is 4.98 Å². The second kappa shape index (κ2) is 4.01. The van der Waals surface area contributed by atoms with Gasteiger partial charge in [-0.15, -0.1) is 0 Å². The highest BCUT2D eigenvalue weighted by atomic mass is 19.1. The number of ether oxygens (including phenoxy) is 1. The van der Waals surface area contributed by atoms with Gasteiger partial charge in [-0.1, -0.05) is 0 Å². The zero-order chi connectivity index (χ0) is 12.6. The van der Waals surface area contributed by atoms with Crippen molar-refractivity contribution in [2.75, 3.05) is 7.11 Å². The quantitative estimate of drug-likeness (QED) is 0.868. The summed E-state index contributed by atoms with van der Waals surface area (Å²) in [5.74, 6) is -1.74. The Bertz CT molecular complexity index is 610. The van der Waals surface area contributed by atoms with Gasteiger partial charge in [0.15, 0.2) is 0 Å². The van der Waals surface area contributed by atoms with Crippen LogP contribution in [0.3, 0.4) is 0 Å². The molecular formula is C12H10FNO3. The minimum atomic E-state index is -1.15. The van der Waals surface area contributed by atoms with Gasteiger partial charge in [0.1, 0.15) is 16.9 Å². The van der Waals surface area contributed by atoms with E-state index in [-0.39, 0.29) is 17.0 Å². The van der Waals surface area contributed by atoms with Crippen LogP contribution in [0.25, 0.3) is 10.9 Å². The smallest absolute Gasteiger partial charge is 0.341 e. The lowest BCUT2D eigenvalue weighted by atomic mass is 10.1. The van der Waals surface area contributed by atoms with Gasteiger partial charge in [-0.3, -0.25) is 0 Å². The first kappa shape index (κ1) is 11.3. The molecule has 1 N–H and O–H groups in total. The van der Waals surface area contributed by atoms with Gasteiger partial charge in [-0.25, -0.2) is 14.2 Å². The number of nitrogens with zero attached hydrogens (tertiary/aromatic N) is 1. The summed E-state index contributed by atoms with van der Waals surface area (Å²) in [6.45, 7) is 1.73. The van der Waals surface area contributed by atoms with E-state index in [0.717, 1.165) is 0 Å². The van der Waals surface area contributed by atoms with Crippen LogP contribution in [0.2, 0.25) is 0 Å². The fourth-order valence-electron chi connectivity index (χ4n) is 1.68. The Morgan fingerprint density at radius 2 is 2.12 bits per heavy atom. The number of carbonyl (C=O) groups is 1. The highest BCUT2D eigenvalue weighted by Gasteiger charge is 2.15. The van der Waals surface area contributed by atoms with E-state index in [1.807, 2.05) is 0 Å². The van der Waals surface area contributed by atoms with Crippen LogP contribution in [-0.4, -0.2) is 23.2 Å². The van der Waals surface area contributed by atoms with Gasteiger partial charge < -0.3 is 9.84 Å². The predicted molar refractivity (Wildman–Crippen MR) is 59.9 cm³/mol. The molecule has 0 unspecified atom stereocenters. The summed E-state index contributed by atoms with van der Waals surface area (Å²) in [5.41, 5.74) is 0.737. The number of methoxy groups -OCH3 is 1. The van der Waals surface area contributed by atoms with Crippen molar-refractivity contribution >= 4 is 16.9 Å². The van der Waals surface area contributed by atoms with Gasteiger partial charge in [-0.2, -0.15) is 0 Å². The molecule has 0 radical (unpaired) electrons. The van der Waals surface area contributed by atoms with Gasteiger partial charge in [-0.05, 0) is 30.7 Å². The van der Waals surface area contributed by atoms with E-state index in [4.69, 9.17) is 9.84 Å². The Hall–Kier alpha value is -2.17. The molecule has 0 atom stereocenters. The fourth-order valence-corrected chi connectivity index (χ4v) is 1.68. The third-order valence-corrected chi connectivity index (χ3v) is 2.40. The number of carboxylic acids is 1. The van der Waals surface area contributed by atoms with Gasteiger partial charge in [0.2, 0.25) is 5.88 Å². The molecule has 0 spiro atoms. The maximum absolute atomic E-state index is 13.6. The van der Waals surface area contributed by atoms with Gasteiger partial charge in [0.25, 0.3) is 0 Å². The Morgan fingerprint density at radius 1 is 1.41 bits per heavy atom. The van der Waals surface area contributed by atoms with E-state index >= 15 is 0 Å². The SMILES string of the molecule is COc1nc2c(F)cc(C)cc2cc1C(=O)O.